The number of nitrogens with one attached hydrogen (secondary N) is 1. The van der Waals surface area contributed by atoms with Crippen molar-refractivity contribution in [1.82, 2.24) is 5.32 Å². The maximum atomic E-state index is 12.1. The van der Waals surface area contributed by atoms with E-state index in [4.69, 9.17) is 13.9 Å². The van der Waals surface area contributed by atoms with E-state index in [-0.39, 0.29) is 18.3 Å². The highest BCUT2D eigenvalue weighted by Crippen LogP contribution is 2.14. The third kappa shape index (κ3) is 5.92. The summed E-state index contributed by atoms with van der Waals surface area (Å²) >= 11 is 0. The molecule has 0 atom stereocenters. The van der Waals surface area contributed by atoms with Crippen molar-refractivity contribution in [2.24, 2.45) is 0 Å². The average Bonchev–Trinajstić information content (AvgIpc) is 3.16. The van der Waals surface area contributed by atoms with Gasteiger partial charge in [0.15, 0.2) is 5.76 Å². The van der Waals surface area contributed by atoms with Gasteiger partial charge in [0.25, 0.3) is 5.91 Å². The van der Waals surface area contributed by atoms with Gasteiger partial charge in [0.2, 0.25) is 0 Å². The van der Waals surface area contributed by atoms with Crippen LogP contribution in [0.2, 0.25) is 0 Å². The lowest BCUT2D eigenvalue weighted by atomic mass is 10.2. The molecule has 3 rings (SSSR count). The summed E-state index contributed by atoms with van der Waals surface area (Å²) in [5.41, 5.74) is 1.16. The zero-order valence-corrected chi connectivity index (χ0v) is 15.3. The van der Waals surface area contributed by atoms with Crippen molar-refractivity contribution in [2.45, 2.75) is 20.0 Å². The summed E-state index contributed by atoms with van der Waals surface area (Å²) in [6, 6.07) is 20.8. The summed E-state index contributed by atoms with van der Waals surface area (Å²) in [7, 11) is 0. The maximum Gasteiger partial charge on any atom is 0.286 e. The van der Waals surface area contributed by atoms with Crippen LogP contribution in [0.4, 0.5) is 0 Å². The van der Waals surface area contributed by atoms with Crippen LogP contribution in [-0.2, 0) is 6.61 Å². The zero-order valence-electron chi connectivity index (χ0n) is 15.3. The van der Waals surface area contributed by atoms with Crippen molar-refractivity contribution in [1.29, 1.82) is 0 Å². The maximum absolute atomic E-state index is 12.1. The average molecular weight is 365 g/mol. The highest BCUT2D eigenvalue weighted by atomic mass is 16.5. The number of aryl methyl sites for hydroxylation is 1. The molecular weight excluding hydrogens is 342 g/mol. The molecule has 0 fully saturated rings. The van der Waals surface area contributed by atoms with Crippen molar-refractivity contribution in [3.8, 4) is 11.5 Å². The van der Waals surface area contributed by atoms with E-state index in [9.17, 15) is 4.79 Å². The number of benzene rings is 2. The van der Waals surface area contributed by atoms with Gasteiger partial charge in [-0.05, 0) is 55.3 Å². The monoisotopic (exact) mass is 365 g/mol. The number of rotatable bonds is 9. The van der Waals surface area contributed by atoms with Crippen LogP contribution < -0.4 is 14.8 Å². The molecule has 0 aliphatic carbocycles. The third-order valence-electron chi connectivity index (χ3n) is 3.87. The topological polar surface area (TPSA) is 60.7 Å². The lowest BCUT2D eigenvalue weighted by Crippen LogP contribution is -2.25. The Morgan fingerprint density at radius 2 is 1.78 bits per heavy atom. The molecule has 0 aliphatic heterocycles. The molecule has 1 aromatic heterocycles. The molecule has 0 spiro atoms. The van der Waals surface area contributed by atoms with Crippen LogP contribution in [0.3, 0.4) is 0 Å². The van der Waals surface area contributed by atoms with Gasteiger partial charge in [-0.25, -0.2) is 0 Å². The fourth-order valence-electron chi connectivity index (χ4n) is 2.51. The van der Waals surface area contributed by atoms with Gasteiger partial charge in [0, 0.05) is 6.54 Å². The molecule has 1 amide bonds. The Labute approximate surface area is 158 Å². The molecule has 0 radical (unpaired) electrons. The molecule has 2 aromatic carbocycles. The highest BCUT2D eigenvalue weighted by Gasteiger charge is 2.11. The van der Waals surface area contributed by atoms with Gasteiger partial charge in [-0.15, -0.1) is 0 Å². The molecular formula is C22H23NO4. The van der Waals surface area contributed by atoms with Crippen LogP contribution in [0, 0.1) is 6.92 Å². The van der Waals surface area contributed by atoms with E-state index in [1.807, 2.05) is 61.5 Å². The molecule has 0 unspecified atom stereocenters. The van der Waals surface area contributed by atoms with Gasteiger partial charge < -0.3 is 19.2 Å². The predicted molar refractivity (Wildman–Crippen MR) is 103 cm³/mol. The molecule has 0 saturated heterocycles. The smallest absolute Gasteiger partial charge is 0.286 e. The first-order chi connectivity index (χ1) is 13.2. The summed E-state index contributed by atoms with van der Waals surface area (Å²) in [4.78, 5) is 12.1. The Morgan fingerprint density at radius 3 is 2.59 bits per heavy atom. The Bertz CT molecular complexity index is 858. The molecule has 0 saturated carbocycles. The van der Waals surface area contributed by atoms with Gasteiger partial charge in [0.1, 0.15) is 23.9 Å². The SMILES string of the molecule is Cc1cccc(OCCCNC(=O)c2ccc(COc3ccccc3)o2)c1. The first kappa shape index (κ1) is 18.6. The second-order valence-corrected chi connectivity index (χ2v) is 6.14. The van der Waals surface area contributed by atoms with Crippen molar-refractivity contribution in [3.05, 3.63) is 83.8 Å². The van der Waals surface area contributed by atoms with Gasteiger partial charge in [-0.1, -0.05) is 30.3 Å². The minimum absolute atomic E-state index is 0.239. The van der Waals surface area contributed by atoms with E-state index in [2.05, 4.69) is 5.32 Å². The van der Waals surface area contributed by atoms with Crippen LogP contribution in [0.1, 0.15) is 28.3 Å². The number of furan rings is 1. The number of para-hydroxylation sites is 1. The number of carbonyl (C=O) groups excluding carboxylic acids is 1. The van der Waals surface area contributed by atoms with E-state index >= 15 is 0 Å². The Balaban J connectivity index is 1.36. The second-order valence-electron chi connectivity index (χ2n) is 6.14. The predicted octanol–water partition coefficient (Wildman–Crippen LogP) is 4.37. The zero-order chi connectivity index (χ0) is 18.9. The summed E-state index contributed by atoms with van der Waals surface area (Å²) in [5.74, 6) is 2.24. The number of ether oxygens (including phenoxy) is 2. The highest BCUT2D eigenvalue weighted by molar-refractivity contribution is 5.91. The summed E-state index contributed by atoms with van der Waals surface area (Å²) in [6.45, 7) is 3.36. The number of carbonyl (C=O) groups is 1. The molecule has 140 valence electrons. The third-order valence-corrected chi connectivity index (χ3v) is 3.87. The van der Waals surface area contributed by atoms with Crippen molar-refractivity contribution >= 4 is 5.91 Å². The number of hydrogen-bond donors (Lipinski definition) is 1. The van der Waals surface area contributed by atoms with E-state index in [0.29, 0.717) is 25.3 Å². The van der Waals surface area contributed by atoms with Gasteiger partial charge in [-0.3, -0.25) is 4.79 Å². The minimum Gasteiger partial charge on any atom is -0.494 e. The fourth-order valence-corrected chi connectivity index (χ4v) is 2.51. The molecule has 0 bridgehead atoms. The Morgan fingerprint density at radius 1 is 0.963 bits per heavy atom. The van der Waals surface area contributed by atoms with E-state index in [1.54, 1.807) is 12.1 Å². The molecule has 1 N–H and O–H groups in total. The van der Waals surface area contributed by atoms with E-state index in [1.165, 1.54) is 0 Å². The lowest BCUT2D eigenvalue weighted by Gasteiger charge is -2.07. The summed E-state index contributed by atoms with van der Waals surface area (Å²) in [6.07, 6.45) is 0.713. The largest absolute Gasteiger partial charge is 0.494 e. The normalized spacial score (nSPS) is 10.4. The Kier molecular flexibility index (Phi) is 6.52. The molecule has 0 aliphatic rings. The molecule has 5 nitrogen and oxygen atoms in total. The quantitative estimate of drug-likeness (QED) is 0.572. The van der Waals surface area contributed by atoms with E-state index in [0.717, 1.165) is 17.1 Å². The van der Waals surface area contributed by atoms with E-state index < -0.39 is 0 Å². The summed E-state index contributed by atoms with van der Waals surface area (Å²) < 4.78 is 16.8. The van der Waals surface area contributed by atoms with Gasteiger partial charge in [-0.2, -0.15) is 0 Å². The Hall–Kier alpha value is -3.21. The van der Waals surface area contributed by atoms with Crippen molar-refractivity contribution in [2.75, 3.05) is 13.2 Å². The van der Waals surface area contributed by atoms with Crippen LogP contribution in [0.15, 0.2) is 71.1 Å². The molecule has 27 heavy (non-hydrogen) atoms. The van der Waals surface area contributed by atoms with Gasteiger partial charge >= 0.3 is 0 Å². The second kappa shape index (κ2) is 9.48. The number of hydrogen-bond acceptors (Lipinski definition) is 4. The van der Waals surface area contributed by atoms with Crippen LogP contribution in [0.25, 0.3) is 0 Å². The molecule has 1 heterocycles. The van der Waals surface area contributed by atoms with Gasteiger partial charge in [0.05, 0.1) is 6.61 Å². The molecule has 3 aromatic rings. The van der Waals surface area contributed by atoms with Crippen LogP contribution in [0.5, 0.6) is 11.5 Å². The summed E-state index contributed by atoms with van der Waals surface area (Å²) in [5, 5.41) is 2.83. The fraction of sp³-hybridized carbons (Fsp3) is 0.227. The van der Waals surface area contributed by atoms with Crippen molar-refractivity contribution < 1.29 is 18.7 Å². The van der Waals surface area contributed by atoms with Crippen LogP contribution in [-0.4, -0.2) is 19.1 Å². The standard InChI is InChI=1S/C22H23NO4/c1-17-7-5-10-19(15-17)25-14-6-13-23-22(24)21-12-11-20(27-21)16-26-18-8-3-2-4-9-18/h2-5,7-12,15H,6,13-14,16H2,1H3,(H,23,24). The first-order valence-corrected chi connectivity index (χ1v) is 8.95. The van der Waals surface area contributed by atoms with Crippen LogP contribution >= 0.6 is 0 Å². The minimum atomic E-state index is -0.239. The van der Waals surface area contributed by atoms with Crippen molar-refractivity contribution in [3.63, 3.8) is 0 Å². The first-order valence-electron chi connectivity index (χ1n) is 8.95. The lowest BCUT2D eigenvalue weighted by molar-refractivity contribution is 0.0919. The molecule has 5 heteroatoms. The number of amides is 1.